The first kappa shape index (κ1) is 16.9. The van der Waals surface area contributed by atoms with Crippen molar-refractivity contribution in [3.63, 3.8) is 0 Å². The van der Waals surface area contributed by atoms with Crippen LogP contribution in [-0.2, 0) is 9.59 Å². The molecule has 1 N–H and O–H groups in total. The summed E-state index contributed by atoms with van der Waals surface area (Å²) in [5, 5.41) is 2.81. The molecule has 0 aromatic carbocycles. The molecule has 0 saturated carbocycles. The van der Waals surface area contributed by atoms with Gasteiger partial charge >= 0.3 is 0 Å². The van der Waals surface area contributed by atoms with Crippen molar-refractivity contribution in [2.45, 2.75) is 71.1 Å². The molecule has 0 aromatic heterocycles. The Morgan fingerprint density at radius 1 is 1.20 bits per heavy atom. The molecule has 1 rings (SSSR count). The van der Waals surface area contributed by atoms with E-state index in [1.165, 1.54) is 32.1 Å². The Bertz CT molecular complexity index is 323. The molecule has 20 heavy (non-hydrogen) atoms. The number of hydrogen-bond acceptors (Lipinski definition) is 2. The van der Waals surface area contributed by atoms with Crippen molar-refractivity contribution in [3.05, 3.63) is 12.2 Å². The van der Waals surface area contributed by atoms with Crippen molar-refractivity contribution in [3.8, 4) is 0 Å². The van der Waals surface area contributed by atoms with E-state index in [1.54, 1.807) is 6.08 Å². The molecule has 3 heteroatoms. The number of rotatable bonds is 9. The summed E-state index contributed by atoms with van der Waals surface area (Å²) in [5.74, 6) is -0.551. The molecule has 3 nitrogen and oxygen atoms in total. The predicted octanol–water partition coefficient (Wildman–Crippen LogP) is 3.78. The van der Waals surface area contributed by atoms with E-state index in [-0.39, 0.29) is 11.7 Å². The first-order valence-corrected chi connectivity index (χ1v) is 8.23. The number of nitrogens with one attached hydrogen (secondary N) is 1. The van der Waals surface area contributed by atoms with Crippen LogP contribution in [0.25, 0.3) is 0 Å². The fourth-order valence-electron chi connectivity index (χ4n) is 2.57. The van der Waals surface area contributed by atoms with Crippen LogP contribution in [0.1, 0.15) is 71.1 Å². The molecule has 1 saturated heterocycles. The molecule has 0 bridgehead atoms. The molecule has 1 atom stereocenters. The highest BCUT2D eigenvalue weighted by Crippen LogP contribution is 2.14. The highest BCUT2D eigenvalue weighted by molar-refractivity contribution is 6.06. The summed E-state index contributed by atoms with van der Waals surface area (Å²) in [6, 6.07) is 0. The van der Waals surface area contributed by atoms with Gasteiger partial charge in [0, 0.05) is 6.54 Å². The zero-order valence-electron chi connectivity index (χ0n) is 12.8. The van der Waals surface area contributed by atoms with Gasteiger partial charge in [0.05, 0.1) is 0 Å². The lowest BCUT2D eigenvalue weighted by atomic mass is 9.97. The smallest absolute Gasteiger partial charge is 0.230 e. The fourth-order valence-corrected chi connectivity index (χ4v) is 2.57. The standard InChI is InChI=1S/C17H29NO2/c1-2-3-4-5-6-7-8-9-13-16(19)15-12-10-11-14-18-17(15)20/h9,13,15H,2-8,10-12,14H2,1H3,(H,18,20). The van der Waals surface area contributed by atoms with E-state index in [1.807, 2.05) is 6.08 Å². The van der Waals surface area contributed by atoms with Crippen LogP contribution < -0.4 is 5.32 Å². The third-order valence-electron chi connectivity index (χ3n) is 3.89. The molecule has 114 valence electrons. The lowest BCUT2D eigenvalue weighted by Gasteiger charge is -2.08. The Hall–Kier alpha value is -1.12. The molecule has 1 fully saturated rings. The molecular formula is C17H29NO2. The number of hydrogen-bond donors (Lipinski definition) is 1. The minimum atomic E-state index is -0.446. The zero-order chi connectivity index (χ0) is 14.6. The number of amides is 1. The van der Waals surface area contributed by atoms with Crippen molar-refractivity contribution in [1.29, 1.82) is 0 Å². The van der Waals surface area contributed by atoms with Crippen LogP contribution in [0.2, 0.25) is 0 Å². The quantitative estimate of drug-likeness (QED) is 0.396. The number of allylic oxidation sites excluding steroid dienone is 2. The van der Waals surface area contributed by atoms with Gasteiger partial charge in [0.1, 0.15) is 5.92 Å². The number of carbonyl (C=O) groups excluding carboxylic acids is 2. The van der Waals surface area contributed by atoms with E-state index >= 15 is 0 Å². The van der Waals surface area contributed by atoms with Gasteiger partial charge in [-0.15, -0.1) is 0 Å². The van der Waals surface area contributed by atoms with Crippen LogP contribution in [0.4, 0.5) is 0 Å². The second kappa shape index (κ2) is 10.6. The van der Waals surface area contributed by atoms with Crippen LogP contribution in [0.3, 0.4) is 0 Å². The molecule has 1 heterocycles. The normalized spacial score (nSPS) is 19.9. The maximum absolute atomic E-state index is 12.0. The second-order valence-corrected chi connectivity index (χ2v) is 5.70. The van der Waals surface area contributed by atoms with Crippen molar-refractivity contribution < 1.29 is 9.59 Å². The van der Waals surface area contributed by atoms with Crippen LogP contribution in [-0.4, -0.2) is 18.2 Å². The summed E-state index contributed by atoms with van der Waals surface area (Å²) in [7, 11) is 0. The first-order chi connectivity index (χ1) is 9.75. The van der Waals surface area contributed by atoms with Crippen molar-refractivity contribution in [2.24, 2.45) is 5.92 Å². The van der Waals surface area contributed by atoms with Gasteiger partial charge in [-0.25, -0.2) is 0 Å². The van der Waals surface area contributed by atoms with Crippen molar-refractivity contribution in [2.75, 3.05) is 6.54 Å². The number of carbonyl (C=O) groups is 2. The lowest BCUT2D eigenvalue weighted by molar-refractivity contribution is -0.131. The third-order valence-corrected chi connectivity index (χ3v) is 3.89. The second-order valence-electron chi connectivity index (χ2n) is 5.70. The zero-order valence-corrected chi connectivity index (χ0v) is 12.8. The summed E-state index contributed by atoms with van der Waals surface area (Å²) in [5.41, 5.74) is 0. The Morgan fingerprint density at radius 2 is 1.95 bits per heavy atom. The summed E-state index contributed by atoms with van der Waals surface area (Å²) in [6.07, 6.45) is 14.8. The predicted molar refractivity (Wildman–Crippen MR) is 82.5 cm³/mol. The first-order valence-electron chi connectivity index (χ1n) is 8.23. The molecule has 0 aliphatic carbocycles. The average molecular weight is 279 g/mol. The highest BCUT2D eigenvalue weighted by Gasteiger charge is 2.25. The monoisotopic (exact) mass is 279 g/mol. The Balaban J connectivity index is 2.17. The average Bonchev–Trinajstić information content (AvgIpc) is 2.66. The van der Waals surface area contributed by atoms with E-state index in [0.717, 1.165) is 25.7 Å². The van der Waals surface area contributed by atoms with Gasteiger partial charge in [0.2, 0.25) is 5.91 Å². The number of ketones is 1. The van der Waals surface area contributed by atoms with E-state index in [2.05, 4.69) is 12.2 Å². The van der Waals surface area contributed by atoms with E-state index in [9.17, 15) is 9.59 Å². The van der Waals surface area contributed by atoms with Crippen molar-refractivity contribution in [1.82, 2.24) is 5.32 Å². The van der Waals surface area contributed by atoms with Crippen LogP contribution in [0.5, 0.6) is 0 Å². The lowest BCUT2D eigenvalue weighted by Crippen LogP contribution is -2.32. The number of unbranched alkanes of at least 4 members (excludes halogenated alkanes) is 6. The van der Waals surface area contributed by atoms with Gasteiger partial charge in [-0.1, -0.05) is 51.5 Å². The maximum Gasteiger partial charge on any atom is 0.230 e. The molecule has 0 spiro atoms. The van der Waals surface area contributed by atoms with Crippen LogP contribution in [0.15, 0.2) is 12.2 Å². The molecule has 1 amide bonds. The molecular weight excluding hydrogens is 250 g/mol. The van der Waals surface area contributed by atoms with E-state index in [0.29, 0.717) is 13.0 Å². The van der Waals surface area contributed by atoms with Gasteiger partial charge in [-0.2, -0.15) is 0 Å². The molecule has 1 aliphatic rings. The van der Waals surface area contributed by atoms with Gasteiger partial charge in [0.25, 0.3) is 0 Å². The Kier molecular flexibility index (Phi) is 9.01. The van der Waals surface area contributed by atoms with Gasteiger partial charge in [-0.3, -0.25) is 9.59 Å². The van der Waals surface area contributed by atoms with Crippen molar-refractivity contribution >= 4 is 11.7 Å². The Morgan fingerprint density at radius 3 is 2.75 bits per heavy atom. The van der Waals surface area contributed by atoms with Crippen LogP contribution in [0, 0.1) is 5.92 Å². The highest BCUT2D eigenvalue weighted by atomic mass is 16.2. The summed E-state index contributed by atoms with van der Waals surface area (Å²) < 4.78 is 0. The SMILES string of the molecule is CCCCCCCCC=CC(=O)C1CCCCNC1=O. The fraction of sp³-hybridized carbons (Fsp3) is 0.765. The molecule has 0 radical (unpaired) electrons. The topological polar surface area (TPSA) is 46.2 Å². The van der Waals surface area contributed by atoms with Gasteiger partial charge < -0.3 is 5.32 Å². The molecule has 1 aliphatic heterocycles. The Labute approximate surface area is 123 Å². The summed E-state index contributed by atoms with van der Waals surface area (Å²) in [6.45, 7) is 2.93. The largest absolute Gasteiger partial charge is 0.355 e. The van der Waals surface area contributed by atoms with E-state index in [4.69, 9.17) is 0 Å². The van der Waals surface area contributed by atoms with Gasteiger partial charge in [0.15, 0.2) is 5.78 Å². The minimum absolute atomic E-state index is 0.0182. The van der Waals surface area contributed by atoms with Crippen LogP contribution >= 0.6 is 0 Å². The van der Waals surface area contributed by atoms with Gasteiger partial charge in [-0.05, 0) is 31.8 Å². The molecule has 0 aromatic rings. The summed E-state index contributed by atoms with van der Waals surface area (Å²) in [4.78, 5) is 23.7. The molecule has 1 unspecified atom stereocenters. The summed E-state index contributed by atoms with van der Waals surface area (Å²) >= 11 is 0. The van der Waals surface area contributed by atoms with E-state index < -0.39 is 5.92 Å². The third kappa shape index (κ3) is 6.88. The maximum atomic E-state index is 12.0. The minimum Gasteiger partial charge on any atom is -0.355 e.